The number of nitrogens with zero attached hydrogens (tertiary/aromatic N) is 1. The summed E-state index contributed by atoms with van der Waals surface area (Å²) in [6.45, 7) is 4.39. The zero-order valence-electron chi connectivity index (χ0n) is 8.30. The first kappa shape index (κ1) is 11.9. The van der Waals surface area contributed by atoms with Gasteiger partial charge in [0, 0.05) is 22.2 Å². The largest absolute Gasteiger partial charge is 0.263 e. The Morgan fingerprint density at radius 2 is 2.21 bits per heavy atom. The van der Waals surface area contributed by atoms with Crippen LogP contribution in [0.25, 0.3) is 6.08 Å². The number of rotatable bonds is 3. The highest BCUT2D eigenvalue weighted by Gasteiger charge is 2.01. The van der Waals surface area contributed by atoms with Crippen molar-refractivity contribution in [2.45, 2.75) is 13.8 Å². The number of halogens is 2. The number of hydrogen-bond donors (Lipinski definition) is 0. The Hall–Kier alpha value is -0.150. The third kappa shape index (κ3) is 3.54. The third-order valence-electron chi connectivity index (χ3n) is 1.97. The normalized spacial score (nSPS) is 12.2. The summed E-state index contributed by atoms with van der Waals surface area (Å²) < 4.78 is 1.02. The van der Waals surface area contributed by atoms with Crippen molar-refractivity contribution in [1.29, 1.82) is 0 Å². The molecule has 0 spiro atoms. The summed E-state index contributed by atoms with van der Waals surface area (Å²) in [5.74, 6) is 0.563. The number of allylic oxidation sites excluding steroid dienone is 1. The number of hydrogen-bond acceptors (Lipinski definition) is 1. The van der Waals surface area contributed by atoms with E-state index in [9.17, 15) is 0 Å². The van der Waals surface area contributed by atoms with Crippen molar-refractivity contribution in [2.24, 2.45) is 5.92 Å². The summed E-state index contributed by atoms with van der Waals surface area (Å²) >= 11 is 6.90. The summed E-state index contributed by atoms with van der Waals surface area (Å²) in [5.41, 5.74) is 2.52. The highest BCUT2D eigenvalue weighted by molar-refractivity contribution is 9.10. The maximum absolute atomic E-state index is 4.12. The van der Waals surface area contributed by atoms with E-state index in [1.165, 1.54) is 5.57 Å². The molecule has 1 nitrogen and oxygen atoms in total. The van der Waals surface area contributed by atoms with Gasteiger partial charge in [0.05, 0.1) is 0 Å². The molecular weight excluding hydrogens is 306 g/mol. The highest BCUT2D eigenvalue weighted by atomic mass is 79.9. The first-order valence-electron chi connectivity index (χ1n) is 4.50. The Balaban J connectivity index is 2.94. The summed E-state index contributed by atoms with van der Waals surface area (Å²) in [6, 6.07) is 2.07. The molecule has 0 bridgehead atoms. The fraction of sp³-hybridized carbons (Fsp3) is 0.364. The SMILES string of the molecule is CC(C)/C(=C/c1cncc(Br)c1)CBr. The summed E-state index contributed by atoms with van der Waals surface area (Å²) in [7, 11) is 0. The van der Waals surface area contributed by atoms with Crippen molar-refractivity contribution >= 4 is 37.9 Å². The van der Waals surface area contributed by atoms with Crippen molar-refractivity contribution in [1.82, 2.24) is 4.98 Å². The Bertz CT molecular complexity index is 332. The molecule has 0 fully saturated rings. The number of alkyl halides is 1. The van der Waals surface area contributed by atoms with Crippen molar-refractivity contribution in [3.8, 4) is 0 Å². The lowest BCUT2D eigenvalue weighted by Gasteiger charge is -2.07. The van der Waals surface area contributed by atoms with Crippen LogP contribution in [-0.2, 0) is 0 Å². The van der Waals surface area contributed by atoms with Gasteiger partial charge in [0.2, 0.25) is 0 Å². The quantitative estimate of drug-likeness (QED) is 0.758. The first-order chi connectivity index (χ1) is 6.63. The van der Waals surface area contributed by atoms with Gasteiger partial charge in [-0.05, 0) is 33.5 Å². The van der Waals surface area contributed by atoms with Crippen LogP contribution in [0.2, 0.25) is 0 Å². The molecule has 0 aliphatic heterocycles. The first-order valence-corrected chi connectivity index (χ1v) is 6.42. The molecule has 0 saturated carbocycles. The molecule has 1 aromatic heterocycles. The standard InChI is InChI=1S/C11H13Br2N/c1-8(2)10(5-12)3-9-4-11(13)7-14-6-9/h3-4,6-8H,5H2,1-2H3/b10-3+. The molecule has 1 rings (SSSR count). The molecule has 0 amide bonds. The van der Waals surface area contributed by atoms with Crippen LogP contribution in [0.5, 0.6) is 0 Å². The maximum atomic E-state index is 4.12. The second-order valence-electron chi connectivity index (χ2n) is 3.44. The van der Waals surface area contributed by atoms with Crippen molar-refractivity contribution in [3.63, 3.8) is 0 Å². The van der Waals surface area contributed by atoms with Crippen LogP contribution in [0.3, 0.4) is 0 Å². The smallest absolute Gasteiger partial charge is 0.0410 e. The minimum absolute atomic E-state index is 0.563. The Kier molecular flexibility index (Phi) is 4.82. The molecule has 0 N–H and O–H groups in total. The van der Waals surface area contributed by atoms with Crippen molar-refractivity contribution < 1.29 is 0 Å². The van der Waals surface area contributed by atoms with E-state index in [2.05, 4.69) is 62.8 Å². The predicted molar refractivity (Wildman–Crippen MR) is 68.5 cm³/mol. The van der Waals surface area contributed by atoms with Gasteiger partial charge in [0.1, 0.15) is 0 Å². The van der Waals surface area contributed by atoms with E-state index in [4.69, 9.17) is 0 Å². The van der Waals surface area contributed by atoms with E-state index in [-0.39, 0.29) is 0 Å². The Morgan fingerprint density at radius 1 is 1.50 bits per heavy atom. The fourth-order valence-electron chi connectivity index (χ4n) is 1.08. The molecular formula is C11H13Br2N. The highest BCUT2D eigenvalue weighted by Crippen LogP contribution is 2.18. The summed E-state index contributed by atoms with van der Waals surface area (Å²) in [6.07, 6.45) is 5.84. The summed E-state index contributed by atoms with van der Waals surface area (Å²) in [5, 5.41) is 0.914. The van der Waals surface area contributed by atoms with Gasteiger partial charge in [-0.15, -0.1) is 0 Å². The minimum Gasteiger partial charge on any atom is -0.263 e. The molecule has 3 heteroatoms. The van der Waals surface area contributed by atoms with Crippen LogP contribution < -0.4 is 0 Å². The zero-order chi connectivity index (χ0) is 10.6. The molecule has 1 aromatic rings. The number of aromatic nitrogens is 1. The molecule has 14 heavy (non-hydrogen) atoms. The summed E-state index contributed by atoms with van der Waals surface area (Å²) in [4.78, 5) is 4.12. The average molecular weight is 319 g/mol. The van der Waals surface area contributed by atoms with E-state index < -0.39 is 0 Å². The monoisotopic (exact) mass is 317 g/mol. The second-order valence-corrected chi connectivity index (χ2v) is 4.92. The Labute approximate surface area is 102 Å². The molecule has 0 aromatic carbocycles. The van der Waals surface area contributed by atoms with Crippen LogP contribution in [0.15, 0.2) is 28.5 Å². The van der Waals surface area contributed by atoms with Gasteiger partial charge in [-0.3, -0.25) is 4.98 Å². The van der Waals surface area contributed by atoms with E-state index in [1.807, 2.05) is 6.20 Å². The maximum Gasteiger partial charge on any atom is 0.0410 e. The lowest BCUT2D eigenvalue weighted by molar-refractivity contribution is 0.780. The molecule has 0 unspecified atom stereocenters. The molecule has 0 aliphatic rings. The van der Waals surface area contributed by atoms with Gasteiger partial charge in [-0.2, -0.15) is 0 Å². The van der Waals surface area contributed by atoms with Gasteiger partial charge in [-0.1, -0.05) is 41.4 Å². The van der Waals surface area contributed by atoms with Crippen LogP contribution in [0.1, 0.15) is 19.4 Å². The molecule has 0 radical (unpaired) electrons. The van der Waals surface area contributed by atoms with Gasteiger partial charge in [-0.25, -0.2) is 0 Å². The van der Waals surface area contributed by atoms with Gasteiger partial charge in [0.15, 0.2) is 0 Å². The molecule has 76 valence electrons. The van der Waals surface area contributed by atoms with E-state index >= 15 is 0 Å². The average Bonchev–Trinajstić information content (AvgIpc) is 2.14. The predicted octanol–water partition coefficient (Wildman–Crippen LogP) is 4.28. The topological polar surface area (TPSA) is 12.9 Å². The minimum atomic E-state index is 0.563. The lowest BCUT2D eigenvalue weighted by Crippen LogP contribution is -1.94. The van der Waals surface area contributed by atoms with Crippen molar-refractivity contribution in [3.05, 3.63) is 34.1 Å². The van der Waals surface area contributed by atoms with Crippen LogP contribution in [0, 0.1) is 5.92 Å². The molecule has 1 heterocycles. The molecule has 0 aliphatic carbocycles. The van der Waals surface area contributed by atoms with Crippen LogP contribution in [-0.4, -0.2) is 10.3 Å². The molecule has 0 saturated heterocycles. The fourth-order valence-corrected chi connectivity index (χ4v) is 2.27. The third-order valence-corrected chi connectivity index (χ3v) is 3.06. The zero-order valence-corrected chi connectivity index (χ0v) is 11.5. The van der Waals surface area contributed by atoms with Gasteiger partial charge in [0.25, 0.3) is 0 Å². The van der Waals surface area contributed by atoms with E-state index in [0.717, 1.165) is 15.4 Å². The van der Waals surface area contributed by atoms with Gasteiger partial charge < -0.3 is 0 Å². The van der Waals surface area contributed by atoms with Gasteiger partial charge >= 0.3 is 0 Å². The van der Waals surface area contributed by atoms with E-state index in [0.29, 0.717) is 5.92 Å². The molecule has 0 atom stereocenters. The van der Waals surface area contributed by atoms with Crippen molar-refractivity contribution in [2.75, 3.05) is 5.33 Å². The van der Waals surface area contributed by atoms with E-state index in [1.54, 1.807) is 6.20 Å². The second kappa shape index (κ2) is 5.66. The van der Waals surface area contributed by atoms with Crippen LogP contribution in [0.4, 0.5) is 0 Å². The number of pyridine rings is 1. The van der Waals surface area contributed by atoms with Crippen LogP contribution >= 0.6 is 31.9 Å². The Morgan fingerprint density at radius 3 is 2.71 bits per heavy atom. The lowest BCUT2D eigenvalue weighted by atomic mass is 10.0.